The van der Waals surface area contributed by atoms with Crippen LogP contribution in [0.2, 0.25) is 0 Å². The minimum absolute atomic E-state index is 0.309. The van der Waals surface area contributed by atoms with Gasteiger partial charge in [0.15, 0.2) is 0 Å². The van der Waals surface area contributed by atoms with Crippen LogP contribution in [-0.2, 0) is 4.79 Å². The first-order valence-corrected chi connectivity index (χ1v) is 5.19. The summed E-state index contributed by atoms with van der Waals surface area (Å²) in [7, 11) is 0. The molecule has 0 saturated carbocycles. The summed E-state index contributed by atoms with van der Waals surface area (Å²) in [6.45, 7) is 8.10. The van der Waals surface area contributed by atoms with Crippen LogP contribution in [0, 0.1) is 0 Å². The average Bonchev–Trinajstić information content (AvgIpc) is 2.10. The maximum Gasteiger partial charge on any atom is 0.222 e. The van der Waals surface area contributed by atoms with Gasteiger partial charge in [0.2, 0.25) is 5.91 Å². The van der Waals surface area contributed by atoms with Crippen molar-refractivity contribution < 1.29 is 4.79 Å². The third kappa shape index (κ3) is 2.44. The summed E-state index contributed by atoms with van der Waals surface area (Å²) in [5, 5.41) is 3.36. The van der Waals surface area contributed by atoms with Crippen molar-refractivity contribution in [2.24, 2.45) is 0 Å². The number of hydrogen-bond donors (Lipinski definition) is 1. The second-order valence-electron chi connectivity index (χ2n) is 3.82. The average molecular weight is 184 g/mol. The van der Waals surface area contributed by atoms with Gasteiger partial charge in [-0.2, -0.15) is 0 Å². The largest absolute Gasteiger partial charge is 0.337 e. The molecule has 3 nitrogen and oxygen atoms in total. The first-order chi connectivity index (χ1) is 6.16. The van der Waals surface area contributed by atoms with Gasteiger partial charge in [0.1, 0.15) is 0 Å². The van der Waals surface area contributed by atoms with E-state index in [1.807, 2.05) is 11.8 Å². The molecule has 0 aromatic heterocycles. The molecule has 1 rings (SSSR count). The number of amides is 1. The van der Waals surface area contributed by atoms with Crippen molar-refractivity contribution in [3.63, 3.8) is 0 Å². The molecule has 1 heterocycles. The van der Waals surface area contributed by atoms with Gasteiger partial charge < -0.3 is 10.2 Å². The second-order valence-corrected chi connectivity index (χ2v) is 3.82. The molecule has 0 bridgehead atoms. The monoisotopic (exact) mass is 184 g/mol. The Balaban J connectivity index is 2.52. The van der Waals surface area contributed by atoms with Crippen molar-refractivity contribution in [3.8, 4) is 0 Å². The molecule has 76 valence electrons. The van der Waals surface area contributed by atoms with E-state index in [1.54, 1.807) is 0 Å². The zero-order valence-corrected chi connectivity index (χ0v) is 8.84. The molecule has 0 aliphatic carbocycles. The lowest BCUT2D eigenvalue weighted by Crippen LogP contribution is -2.57. The molecule has 13 heavy (non-hydrogen) atoms. The van der Waals surface area contributed by atoms with Crippen LogP contribution in [0.4, 0.5) is 0 Å². The van der Waals surface area contributed by atoms with E-state index in [1.165, 1.54) is 0 Å². The lowest BCUT2D eigenvalue weighted by Gasteiger charge is -2.38. The molecule has 1 aliphatic rings. The number of carbonyl (C=O) groups excluding carboxylic acids is 1. The molecular formula is C10H20N2O. The van der Waals surface area contributed by atoms with E-state index in [2.05, 4.69) is 19.2 Å². The van der Waals surface area contributed by atoms with Crippen molar-refractivity contribution in [1.29, 1.82) is 0 Å². The van der Waals surface area contributed by atoms with E-state index in [0.29, 0.717) is 24.4 Å². The summed E-state index contributed by atoms with van der Waals surface area (Å²) in [5.41, 5.74) is 0. The Labute approximate surface area is 80.5 Å². The van der Waals surface area contributed by atoms with Crippen LogP contribution >= 0.6 is 0 Å². The van der Waals surface area contributed by atoms with Gasteiger partial charge in [-0.3, -0.25) is 4.79 Å². The Bertz CT molecular complexity index is 182. The highest BCUT2D eigenvalue weighted by atomic mass is 16.2. The van der Waals surface area contributed by atoms with Gasteiger partial charge in [-0.25, -0.2) is 0 Å². The molecule has 2 atom stereocenters. The van der Waals surface area contributed by atoms with Crippen molar-refractivity contribution in [2.45, 2.75) is 45.7 Å². The Morgan fingerprint density at radius 2 is 2.23 bits per heavy atom. The Morgan fingerprint density at radius 3 is 2.85 bits per heavy atom. The van der Waals surface area contributed by atoms with E-state index < -0.39 is 0 Å². The fourth-order valence-corrected chi connectivity index (χ4v) is 1.77. The van der Waals surface area contributed by atoms with E-state index in [4.69, 9.17) is 0 Å². The van der Waals surface area contributed by atoms with Crippen molar-refractivity contribution in [1.82, 2.24) is 10.2 Å². The summed E-state index contributed by atoms with van der Waals surface area (Å²) >= 11 is 0. The highest BCUT2D eigenvalue weighted by Crippen LogP contribution is 2.10. The van der Waals surface area contributed by atoms with Gasteiger partial charge in [0.25, 0.3) is 0 Å². The first kappa shape index (κ1) is 10.5. The summed E-state index contributed by atoms with van der Waals surface area (Å²) in [5.74, 6) is 0.309. The molecule has 0 spiro atoms. The van der Waals surface area contributed by atoms with Gasteiger partial charge in [-0.1, -0.05) is 6.92 Å². The minimum Gasteiger partial charge on any atom is -0.337 e. The van der Waals surface area contributed by atoms with Crippen LogP contribution in [0.3, 0.4) is 0 Å². The van der Waals surface area contributed by atoms with Gasteiger partial charge in [0, 0.05) is 31.6 Å². The topological polar surface area (TPSA) is 32.3 Å². The van der Waals surface area contributed by atoms with Gasteiger partial charge in [0.05, 0.1) is 0 Å². The quantitative estimate of drug-likeness (QED) is 0.694. The maximum absolute atomic E-state index is 11.7. The van der Waals surface area contributed by atoms with Gasteiger partial charge >= 0.3 is 0 Å². The Kier molecular flexibility index (Phi) is 3.72. The third-order valence-corrected chi connectivity index (χ3v) is 2.82. The molecule has 1 N–H and O–H groups in total. The summed E-state index contributed by atoms with van der Waals surface area (Å²) in [6, 6.07) is 0.766. The first-order valence-electron chi connectivity index (χ1n) is 5.19. The van der Waals surface area contributed by atoms with Crippen LogP contribution in [-0.4, -0.2) is 36.0 Å². The number of hydrogen-bond acceptors (Lipinski definition) is 2. The van der Waals surface area contributed by atoms with Crippen molar-refractivity contribution in [3.05, 3.63) is 0 Å². The summed E-state index contributed by atoms with van der Waals surface area (Å²) in [6.07, 6.45) is 1.64. The smallest absolute Gasteiger partial charge is 0.222 e. The highest BCUT2D eigenvalue weighted by molar-refractivity contribution is 5.76. The molecule has 0 aromatic rings. The Hall–Kier alpha value is -0.570. The molecule has 1 saturated heterocycles. The number of carbonyl (C=O) groups is 1. The number of piperazine rings is 1. The van der Waals surface area contributed by atoms with E-state index in [0.717, 1.165) is 19.5 Å². The number of nitrogens with one attached hydrogen (secondary N) is 1. The summed E-state index contributed by atoms with van der Waals surface area (Å²) in [4.78, 5) is 13.7. The van der Waals surface area contributed by atoms with Crippen molar-refractivity contribution >= 4 is 5.91 Å². The molecule has 1 aliphatic heterocycles. The zero-order chi connectivity index (χ0) is 9.84. The zero-order valence-electron chi connectivity index (χ0n) is 8.84. The van der Waals surface area contributed by atoms with Crippen molar-refractivity contribution in [2.75, 3.05) is 13.1 Å². The standard InChI is InChI=1S/C10H20N2O/c1-4-5-10(13)12-7-6-11-8(2)9(12)3/h8-9,11H,4-7H2,1-3H3. The summed E-state index contributed by atoms with van der Waals surface area (Å²) < 4.78 is 0. The van der Waals surface area contributed by atoms with Crippen LogP contribution in [0.1, 0.15) is 33.6 Å². The molecule has 0 aromatic carbocycles. The molecular weight excluding hydrogens is 164 g/mol. The predicted molar refractivity (Wildman–Crippen MR) is 53.5 cm³/mol. The molecule has 2 unspecified atom stereocenters. The van der Waals surface area contributed by atoms with Gasteiger partial charge in [-0.15, -0.1) is 0 Å². The molecule has 3 heteroatoms. The molecule has 1 fully saturated rings. The lowest BCUT2D eigenvalue weighted by molar-refractivity contribution is -0.134. The van der Waals surface area contributed by atoms with Crippen LogP contribution < -0.4 is 5.32 Å². The molecule has 1 amide bonds. The van der Waals surface area contributed by atoms with Crippen LogP contribution in [0.5, 0.6) is 0 Å². The number of rotatable bonds is 2. The van der Waals surface area contributed by atoms with Crippen LogP contribution in [0.25, 0.3) is 0 Å². The van der Waals surface area contributed by atoms with Crippen LogP contribution in [0.15, 0.2) is 0 Å². The normalized spacial score (nSPS) is 29.0. The highest BCUT2D eigenvalue weighted by Gasteiger charge is 2.26. The SMILES string of the molecule is CCCC(=O)N1CCNC(C)C1C. The minimum atomic E-state index is 0.309. The van der Waals surface area contributed by atoms with E-state index in [9.17, 15) is 4.79 Å². The second kappa shape index (κ2) is 4.61. The predicted octanol–water partition coefficient (Wildman–Crippen LogP) is 0.995. The fraction of sp³-hybridized carbons (Fsp3) is 0.900. The number of nitrogens with zero attached hydrogens (tertiary/aromatic N) is 1. The third-order valence-electron chi connectivity index (χ3n) is 2.82. The van der Waals surface area contributed by atoms with E-state index >= 15 is 0 Å². The van der Waals surface area contributed by atoms with E-state index in [-0.39, 0.29) is 0 Å². The molecule has 0 radical (unpaired) electrons. The lowest BCUT2D eigenvalue weighted by atomic mass is 10.1. The Morgan fingerprint density at radius 1 is 1.54 bits per heavy atom. The maximum atomic E-state index is 11.7. The fourth-order valence-electron chi connectivity index (χ4n) is 1.77. The van der Waals surface area contributed by atoms with Gasteiger partial charge in [-0.05, 0) is 20.3 Å².